The van der Waals surface area contributed by atoms with Gasteiger partial charge in [-0.3, -0.25) is 4.79 Å². The molecule has 122 valence electrons. The van der Waals surface area contributed by atoms with Crippen LogP contribution in [0.2, 0.25) is 0 Å². The minimum absolute atomic E-state index is 0.141. The summed E-state index contributed by atoms with van der Waals surface area (Å²) in [4.78, 5) is 11.3. The van der Waals surface area contributed by atoms with Gasteiger partial charge >= 0.3 is 5.97 Å². The van der Waals surface area contributed by atoms with Crippen molar-refractivity contribution in [3.05, 3.63) is 23.8 Å². The second kappa shape index (κ2) is 8.03. The molecule has 1 unspecified atom stereocenters. The van der Waals surface area contributed by atoms with Gasteiger partial charge in [-0.1, -0.05) is 12.5 Å². The van der Waals surface area contributed by atoms with Gasteiger partial charge in [-0.2, -0.15) is 0 Å². The fourth-order valence-electron chi connectivity index (χ4n) is 2.76. The van der Waals surface area contributed by atoms with Crippen molar-refractivity contribution < 1.29 is 19.0 Å². The number of methoxy groups -OCH3 is 2. The highest BCUT2D eigenvalue weighted by Crippen LogP contribution is 2.33. The molecule has 1 fully saturated rings. The first-order valence-electron chi connectivity index (χ1n) is 7.81. The van der Waals surface area contributed by atoms with Gasteiger partial charge in [-0.25, -0.2) is 0 Å². The molecule has 5 heteroatoms. The number of ether oxygens (including phenoxy) is 3. The number of hydrogen-bond acceptors (Lipinski definition) is 5. The molecule has 0 aliphatic heterocycles. The molecule has 0 aromatic heterocycles. The van der Waals surface area contributed by atoms with Crippen molar-refractivity contribution >= 4 is 5.97 Å². The highest BCUT2D eigenvalue weighted by molar-refractivity contribution is 5.70. The van der Waals surface area contributed by atoms with E-state index >= 15 is 0 Å². The van der Waals surface area contributed by atoms with E-state index in [9.17, 15) is 4.79 Å². The number of hydrogen-bond donors (Lipinski definition) is 1. The van der Waals surface area contributed by atoms with E-state index in [4.69, 9.17) is 15.2 Å². The second-order valence-electron chi connectivity index (χ2n) is 5.67. The smallest absolute Gasteiger partial charge is 0.307 e. The van der Waals surface area contributed by atoms with E-state index < -0.39 is 6.04 Å². The lowest BCUT2D eigenvalue weighted by Gasteiger charge is -2.24. The topological polar surface area (TPSA) is 70.8 Å². The summed E-state index contributed by atoms with van der Waals surface area (Å²) in [5, 5.41) is 0. The Balaban J connectivity index is 2.07. The Labute approximate surface area is 131 Å². The third-order valence-electron chi connectivity index (χ3n) is 4.08. The molecular formula is C17H25NO4. The lowest BCUT2D eigenvalue weighted by molar-refractivity contribution is -0.141. The molecular weight excluding hydrogens is 282 g/mol. The Morgan fingerprint density at radius 2 is 1.95 bits per heavy atom. The van der Waals surface area contributed by atoms with Crippen LogP contribution in [-0.4, -0.2) is 26.3 Å². The summed E-state index contributed by atoms with van der Waals surface area (Å²) >= 11 is 0. The average Bonchev–Trinajstić information content (AvgIpc) is 2.55. The summed E-state index contributed by atoms with van der Waals surface area (Å²) in [6, 6.07) is 5.19. The van der Waals surface area contributed by atoms with E-state index in [1.165, 1.54) is 26.4 Å². The van der Waals surface area contributed by atoms with Crippen LogP contribution in [0.5, 0.6) is 11.5 Å². The fraction of sp³-hybridized carbons (Fsp3) is 0.588. The van der Waals surface area contributed by atoms with Gasteiger partial charge in [0.25, 0.3) is 0 Å². The van der Waals surface area contributed by atoms with Gasteiger partial charge in [-0.05, 0) is 43.4 Å². The number of rotatable bonds is 6. The first kappa shape index (κ1) is 16.6. The Hall–Kier alpha value is -1.75. The van der Waals surface area contributed by atoms with Crippen LogP contribution >= 0.6 is 0 Å². The third-order valence-corrected chi connectivity index (χ3v) is 4.08. The lowest BCUT2D eigenvalue weighted by atomic mass is 9.97. The van der Waals surface area contributed by atoms with Crippen LogP contribution in [0.25, 0.3) is 0 Å². The molecule has 1 aliphatic rings. The molecule has 0 saturated heterocycles. The molecule has 0 amide bonds. The van der Waals surface area contributed by atoms with E-state index in [2.05, 4.69) is 4.74 Å². The highest BCUT2D eigenvalue weighted by atomic mass is 16.5. The van der Waals surface area contributed by atoms with Crippen LogP contribution in [0.4, 0.5) is 0 Å². The number of carbonyl (C=O) groups is 1. The van der Waals surface area contributed by atoms with E-state index in [1.807, 2.05) is 18.2 Å². The molecule has 1 aromatic carbocycles. The van der Waals surface area contributed by atoms with Crippen LogP contribution < -0.4 is 15.2 Å². The molecule has 2 N–H and O–H groups in total. The minimum atomic E-state index is -0.412. The number of esters is 1. The minimum Gasteiger partial charge on any atom is -0.493 e. The van der Waals surface area contributed by atoms with Gasteiger partial charge < -0.3 is 19.9 Å². The van der Waals surface area contributed by atoms with Crippen molar-refractivity contribution in [2.75, 3.05) is 14.2 Å². The molecule has 0 heterocycles. The zero-order valence-electron chi connectivity index (χ0n) is 13.3. The number of benzene rings is 1. The average molecular weight is 307 g/mol. The molecule has 0 spiro atoms. The lowest BCUT2D eigenvalue weighted by Crippen LogP contribution is -2.20. The van der Waals surface area contributed by atoms with Crippen molar-refractivity contribution in [3.63, 3.8) is 0 Å². The SMILES string of the molecule is COC(=O)CC(N)c1ccc(OC2CCCCC2)c(OC)c1. The van der Waals surface area contributed by atoms with Crippen molar-refractivity contribution in [2.45, 2.75) is 50.7 Å². The summed E-state index contributed by atoms with van der Waals surface area (Å²) in [6.07, 6.45) is 6.31. The molecule has 1 aromatic rings. The highest BCUT2D eigenvalue weighted by Gasteiger charge is 2.19. The molecule has 2 rings (SSSR count). The van der Waals surface area contributed by atoms with Crippen molar-refractivity contribution in [1.29, 1.82) is 0 Å². The molecule has 0 bridgehead atoms. The molecule has 1 atom stereocenters. The normalized spacial score (nSPS) is 16.9. The van der Waals surface area contributed by atoms with Crippen LogP contribution in [0.3, 0.4) is 0 Å². The van der Waals surface area contributed by atoms with Gasteiger partial charge in [0, 0.05) is 6.04 Å². The maximum atomic E-state index is 11.3. The van der Waals surface area contributed by atoms with E-state index in [1.54, 1.807) is 7.11 Å². The predicted octanol–water partition coefficient (Wildman–Crippen LogP) is 2.97. The maximum absolute atomic E-state index is 11.3. The Bertz CT molecular complexity index is 497. The van der Waals surface area contributed by atoms with Gasteiger partial charge in [0.15, 0.2) is 11.5 Å². The zero-order chi connectivity index (χ0) is 15.9. The van der Waals surface area contributed by atoms with Crippen LogP contribution in [0, 0.1) is 0 Å². The van der Waals surface area contributed by atoms with Crippen LogP contribution in [0.15, 0.2) is 18.2 Å². The fourth-order valence-corrected chi connectivity index (χ4v) is 2.76. The standard InChI is InChI=1S/C17H25NO4/c1-20-16-10-12(14(18)11-17(19)21-2)8-9-15(16)22-13-6-4-3-5-7-13/h8-10,13-14H,3-7,11,18H2,1-2H3. The Morgan fingerprint density at radius 1 is 1.23 bits per heavy atom. The van der Waals surface area contributed by atoms with Crippen molar-refractivity contribution in [3.8, 4) is 11.5 Å². The number of carbonyl (C=O) groups excluding carboxylic acids is 1. The van der Waals surface area contributed by atoms with Gasteiger partial charge in [0.2, 0.25) is 0 Å². The predicted molar refractivity (Wildman–Crippen MR) is 84.1 cm³/mol. The Morgan fingerprint density at radius 3 is 2.59 bits per heavy atom. The molecule has 5 nitrogen and oxygen atoms in total. The number of nitrogens with two attached hydrogens (primary N) is 1. The van der Waals surface area contributed by atoms with Crippen molar-refractivity contribution in [1.82, 2.24) is 0 Å². The summed E-state index contributed by atoms with van der Waals surface area (Å²) in [6.45, 7) is 0. The van der Waals surface area contributed by atoms with Gasteiger partial charge in [0.1, 0.15) is 0 Å². The molecule has 1 aliphatic carbocycles. The monoisotopic (exact) mass is 307 g/mol. The summed E-state index contributed by atoms with van der Waals surface area (Å²) in [5.41, 5.74) is 6.86. The van der Waals surface area contributed by atoms with Crippen molar-refractivity contribution in [2.24, 2.45) is 5.73 Å². The zero-order valence-corrected chi connectivity index (χ0v) is 13.3. The Kier molecular flexibility index (Phi) is 6.07. The maximum Gasteiger partial charge on any atom is 0.307 e. The molecule has 22 heavy (non-hydrogen) atoms. The van der Waals surface area contributed by atoms with Crippen LogP contribution in [0.1, 0.15) is 50.1 Å². The van der Waals surface area contributed by atoms with Crippen LogP contribution in [-0.2, 0) is 9.53 Å². The first-order valence-corrected chi connectivity index (χ1v) is 7.81. The van der Waals surface area contributed by atoms with E-state index in [0.29, 0.717) is 5.75 Å². The molecule has 0 radical (unpaired) electrons. The third kappa shape index (κ3) is 4.37. The summed E-state index contributed by atoms with van der Waals surface area (Å²) < 4.78 is 16.1. The molecule has 1 saturated carbocycles. The van der Waals surface area contributed by atoms with E-state index in [0.717, 1.165) is 24.2 Å². The summed E-state index contributed by atoms with van der Waals surface area (Å²) in [5.74, 6) is 1.07. The quantitative estimate of drug-likeness (QED) is 0.818. The van der Waals surface area contributed by atoms with E-state index in [-0.39, 0.29) is 18.5 Å². The first-order chi connectivity index (χ1) is 10.6. The summed E-state index contributed by atoms with van der Waals surface area (Å²) in [7, 11) is 2.97. The van der Waals surface area contributed by atoms with Gasteiger partial charge in [0.05, 0.1) is 26.7 Å². The second-order valence-corrected chi connectivity index (χ2v) is 5.67. The largest absolute Gasteiger partial charge is 0.493 e. The van der Waals surface area contributed by atoms with Gasteiger partial charge in [-0.15, -0.1) is 0 Å².